The van der Waals surface area contributed by atoms with Gasteiger partial charge < -0.3 is 9.64 Å². The molecule has 0 aliphatic heterocycles. The molecule has 0 bridgehead atoms. The van der Waals surface area contributed by atoms with E-state index in [2.05, 4.69) is 51.1 Å². The number of methoxy groups -OCH3 is 1. The quantitative estimate of drug-likeness (QED) is 0.784. The van der Waals surface area contributed by atoms with Gasteiger partial charge in [0.2, 0.25) is 0 Å². The molecule has 0 heterocycles. The van der Waals surface area contributed by atoms with Crippen LogP contribution >= 0.6 is 0 Å². The van der Waals surface area contributed by atoms with Gasteiger partial charge in [0.25, 0.3) is 0 Å². The van der Waals surface area contributed by atoms with Crippen molar-refractivity contribution in [1.29, 1.82) is 0 Å². The van der Waals surface area contributed by atoms with Crippen molar-refractivity contribution in [2.24, 2.45) is 5.92 Å². The summed E-state index contributed by atoms with van der Waals surface area (Å²) >= 11 is 0. The van der Waals surface area contributed by atoms with Crippen LogP contribution in [0.5, 0.6) is 5.75 Å². The van der Waals surface area contributed by atoms with Crippen LogP contribution in [-0.4, -0.2) is 32.6 Å². The monoisotopic (exact) mass is 263 g/mol. The molecule has 1 aromatic rings. The molecule has 2 nitrogen and oxygen atoms in total. The van der Waals surface area contributed by atoms with Crippen LogP contribution < -0.4 is 4.74 Å². The lowest BCUT2D eigenvalue weighted by Gasteiger charge is -2.20. The molecule has 19 heavy (non-hydrogen) atoms. The van der Waals surface area contributed by atoms with Crippen molar-refractivity contribution >= 4 is 5.57 Å². The van der Waals surface area contributed by atoms with Crippen molar-refractivity contribution in [3.8, 4) is 5.75 Å². The number of hydrogen-bond donors (Lipinski definition) is 0. The van der Waals surface area contributed by atoms with Crippen molar-refractivity contribution in [2.45, 2.75) is 27.7 Å². The smallest absolute Gasteiger partial charge is 0.119 e. The van der Waals surface area contributed by atoms with Crippen LogP contribution in [0, 0.1) is 5.92 Å². The summed E-state index contributed by atoms with van der Waals surface area (Å²) in [5.41, 5.74) is 2.62. The molecule has 0 aliphatic rings. The van der Waals surface area contributed by atoms with Crippen LogP contribution in [0.15, 0.2) is 30.3 Å². The second-order valence-corrected chi connectivity index (χ2v) is 4.64. The first-order chi connectivity index (χ1) is 9.08. The van der Waals surface area contributed by atoms with E-state index in [1.165, 1.54) is 11.1 Å². The molecule has 0 fully saturated rings. The molecule has 0 saturated heterocycles. The predicted octanol–water partition coefficient (Wildman–Crippen LogP) is 4.32. The van der Waals surface area contributed by atoms with Crippen molar-refractivity contribution in [1.82, 2.24) is 4.90 Å². The van der Waals surface area contributed by atoms with Crippen LogP contribution in [0.1, 0.15) is 33.3 Å². The Morgan fingerprint density at radius 3 is 2.42 bits per heavy atom. The molecule has 0 saturated carbocycles. The van der Waals surface area contributed by atoms with Crippen LogP contribution in [0.25, 0.3) is 5.57 Å². The van der Waals surface area contributed by atoms with Crippen LogP contribution in [-0.2, 0) is 0 Å². The Morgan fingerprint density at radius 2 is 1.95 bits per heavy atom. The third kappa shape index (κ3) is 5.93. The van der Waals surface area contributed by atoms with Gasteiger partial charge in [0.15, 0.2) is 0 Å². The fraction of sp³-hybridized carbons (Fsp3) is 0.529. The first-order valence-electron chi connectivity index (χ1n) is 7.03. The van der Waals surface area contributed by atoms with E-state index in [1.54, 1.807) is 7.11 Å². The molecule has 1 rings (SSSR count). The molecule has 1 aromatic carbocycles. The topological polar surface area (TPSA) is 12.5 Å². The Kier molecular flexibility index (Phi) is 8.98. The molecule has 0 aliphatic carbocycles. The molecule has 0 N–H and O–H groups in total. The number of ether oxygens (including phenoxy) is 1. The minimum atomic E-state index is 0.516. The molecule has 0 radical (unpaired) electrons. The summed E-state index contributed by atoms with van der Waals surface area (Å²) in [6.45, 7) is 9.41. The SMILES string of the molecule is C/C=C(\c1cccc(OC)c1)[C@@H](C)CN(C)C.CC. The highest BCUT2D eigenvalue weighted by molar-refractivity contribution is 5.68. The number of rotatable bonds is 5. The normalized spacial score (nSPS) is 12.7. The summed E-state index contributed by atoms with van der Waals surface area (Å²) in [6.07, 6.45) is 2.20. The van der Waals surface area contributed by atoms with Crippen molar-refractivity contribution in [3.05, 3.63) is 35.9 Å². The highest BCUT2D eigenvalue weighted by atomic mass is 16.5. The Hall–Kier alpha value is -1.28. The molecule has 1 atom stereocenters. The van der Waals surface area contributed by atoms with Crippen LogP contribution in [0.3, 0.4) is 0 Å². The fourth-order valence-electron chi connectivity index (χ4n) is 2.18. The molecular weight excluding hydrogens is 234 g/mol. The summed E-state index contributed by atoms with van der Waals surface area (Å²) in [6, 6.07) is 8.26. The lowest BCUT2D eigenvalue weighted by Crippen LogP contribution is -2.20. The van der Waals surface area contributed by atoms with Gasteiger partial charge in [0.1, 0.15) is 5.75 Å². The van der Waals surface area contributed by atoms with E-state index in [0.717, 1.165) is 12.3 Å². The minimum Gasteiger partial charge on any atom is -0.497 e. The standard InChI is InChI=1S/C15H23NO.C2H6/c1-6-15(12(2)11-16(3)4)13-8-7-9-14(10-13)17-5;1-2/h6-10,12H,11H2,1-5H3;1-2H3/b15-6-;/t12-;/m0./s1. The highest BCUT2D eigenvalue weighted by Gasteiger charge is 2.11. The molecule has 0 spiro atoms. The number of hydrogen-bond acceptors (Lipinski definition) is 2. The van der Waals surface area contributed by atoms with Gasteiger partial charge in [0.05, 0.1) is 7.11 Å². The largest absolute Gasteiger partial charge is 0.497 e. The lowest BCUT2D eigenvalue weighted by atomic mass is 9.93. The Bertz CT molecular complexity index is 383. The average Bonchev–Trinajstić information content (AvgIpc) is 2.41. The molecule has 108 valence electrons. The Morgan fingerprint density at radius 1 is 1.32 bits per heavy atom. The molecule has 2 heteroatoms. The van der Waals surface area contributed by atoms with E-state index >= 15 is 0 Å². The lowest BCUT2D eigenvalue weighted by molar-refractivity contribution is 0.375. The van der Waals surface area contributed by atoms with Gasteiger partial charge in [-0.1, -0.05) is 39.0 Å². The van der Waals surface area contributed by atoms with Gasteiger partial charge in [-0.2, -0.15) is 0 Å². The molecular formula is C17H29NO. The summed E-state index contributed by atoms with van der Waals surface area (Å²) in [5, 5.41) is 0. The van der Waals surface area contributed by atoms with Gasteiger partial charge >= 0.3 is 0 Å². The highest BCUT2D eigenvalue weighted by Crippen LogP contribution is 2.26. The summed E-state index contributed by atoms with van der Waals surface area (Å²) in [5.74, 6) is 1.43. The number of benzene rings is 1. The van der Waals surface area contributed by atoms with Crippen molar-refractivity contribution < 1.29 is 4.74 Å². The zero-order valence-corrected chi connectivity index (χ0v) is 13.5. The number of nitrogens with zero attached hydrogens (tertiary/aromatic N) is 1. The summed E-state index contributed by atoms with van der Waals surface area (Å²) in [4.78, 5) is 2.22. The number of allylic oxidation sites excluding steroid dienone is 1. The van der Waals surface area contributed by atoms with Gasteiger partial charge in [-0.15, -0.1) is 0 Å². The predicted molar refractivity (Wildman–Crippen MR) is 85.7 cm³/mol. The van der Waals surface area contributed by atoms with Gasteiger partial charge in [-0.3, -0.25) is 0 Å². The first kappa shape index (κ1) is 17.7. The van der Waals surface area contributed by atoms with Crippen LogP contribution in [0.4, 0.5) is 0 Å². The zero-order valence-electron chi connectivity index (χ0n) is 13.5. The van der Waals surface area contributed by atoms with Crippen molar-refractivity contribution in [3.63, 3.8) is 0 Å². The first-order valence-corrected chi connectivity index (χ1v) is 7.03. The van der Waals surface area contributed by atoms with Gasteiger partial charge in [0, 0.05) is 6.54 Å². The average molecular weight is 263 g/mol. The van der Waals surface area contributed by atoms with Crippen LogP contribution in [0.2, 0.25) is 0 Å². The molecule has 0 aromatic heterocycles. The second kappa shape index (κ2) is 9.62. The van der Waals surface area contributed by atoms with E-state index in [4.69, 9.17) is 4.74 Å². The van der Waals surface area contributed by atoms with E-state index in [1.807, 2.05) is 26.0 Å². The summed E-state index contributed by atoms with van der Waals surface area (Å²) < 4.78 is 5.27. The minimum absolute atomic E-state index is 0.516. The molecule has 0 amide bonds. The maximum atomic E-state index is 5.27. The molecule has 0 unspecified atom stereocenters. The van der Waals surface area contributed by atoms with E-state index in [0.29, 0.717) is 5.92 Å². The van der Waals surface area contributed by atoms with Crippen molar-refractivity contribution in [2.75, 3.05) is 27.7 Å². The Labute approximate surface area is 119 Å². The Balaban J connectivity index is 0.00000154. The third-order valence-electron chi connectivity index (χ3n) is 2.88. The van der Waals surface area contributed by atoms with Gasteiger partial charge in [-0.25, -0.2) is 0 Å². The third-order valence-corrected chi connectivity index (χ3v) is 2.88. The van der Waals surface area contributed by atoms with Gasteiger partial charge in [-0.05, 0) is 50.2 Å². The van der Waals surface area contributed by atoms with E-state index in [-0.39, 0.29) is 0 Å². The maximum absolute atomic E-state index is 5.27. The summed E-state index contributed by atoms with van der Waals surface area (Å²) in [7, 11) is 5.92. The fourth-order valence-corrected chi connectivity index (χ4v) is 2.18. The van der Waals surface area contributed by atoms with E-state index in [9.17, 15) is 0 Å². The maximum Gasteiger partial charge on any atom is 0.119 e. The second-order valence-electron chi connectivity index (χ2n) is 4.64. The van der Waals surface area contributed by atoms with E-state index < -0.39 is 0 Å². The zero-order chi connectivity index (χ0) is 14.8.